The lowest BCUT2D eigenvalue weighted by atomic mass is 9.78. The van der Waals surface area contributed by atoms with Crippen LogP contribution in [-0.4, -0.2) is 6.61 Å². The molecule has 2 rings (SSSR count). The van der Waals surface area contributed by atoms with Crippen molar-refractivity contribution in [1.29, 1.82) is 0 Å². The van der Waals surface area contributed by atoms with Gasteiger partial charge in [-0.05, 0) is 55.6 Å². The molecule has 0 unspecified atom stereocenters. The van der Waals surface area contributed by atoms with Crippen LogP contribution in [0.5, 0.6) is 5.75 Å². The van der Waals surface area contributed by atoms with Crippen molar-refractivity contribution >= 4 is 0 Å². The van der Waals surface area contributed by atoms with Crippen LogP contribution in [0.1, 0.15) is 56.9 Å². The second kappa shape index (κ2) is 7.58. The summed E-state index contributed by atoms with van der Waals surface area (Å²) >= 11 is 0. The standard InChI is InChI=1S/C18H24F2O/c1-3-5-12-21-16-11-10-15(17(19)18(16)20)14-8-6-13(4-2)7-9-14/h4,10-11,13-14H,2-3,5-9,12H2,1H3. The quantitative estimate of drug-likeness (QED) is 0.490. The highest BCUT2D eigenvalue weighted by Crippen LogP contribution is 2.38. The van der Waals surface area contributed by atoms with Crippen LogP contribution < -0.4 is 4.74 Å². The van der Waals surface area contributed by atoms with Gasteiger partial charge in [0.2, 0.25) is 5.82 Å². The first kappa shape index (κ1) is 16.0. The molecule has 21 heavy (non-hydrogen) atoms. The Bertz CT molecular complexity index is 476. The summed E-state index contributed by atoms with van der Waals surface area (Å²) in [5.74, 6) is -0.906. The van der Waals surface area contributed by atoms with Gasteiger partial charge in [0.1, 0.15) is 0 Å². The van der Waals surface area contributed by atoms with Crippen LogP contribution in [0.3, 0.4) is 0 Å². The SMILES string of the molecule is C=CC1CCC(c2ccc(OCCCC)c(F)c2F)CC1. The Morgan fingerprint density at radius 2 is 1.90 bits per heavy atom. The average molecular weight is 294 g/mol. The number of rotatable bonds is 6. The molecule has 3 heteroatoms. The highest BCUT2D eigenvalue weighted by molar-refractivity contribution is 5.33. The maximum atomic E-state index is 14.3. The molecule has 0 radical (unpaired) electrons. The lowest BCUT2D eigenvalue weighted by Crippen LogP contribution is -2.13. The zero-order chi connectivity index (χ0) is 15.2. The zero-order valence-corrected chi connectivity index (χ0v) is 12.7. The summed E-state index contributed by atoms with van der Waals surface area (Å²) in [6.45, 7) is 6.27. The van der Waals surface area contributed by atoms with E-state index in [2.05, 4.69) is 6.58 Å². The van der Waals surface area contributed by atoms with Crippen molar-refractivity contribution in [2.24, 2.45) is 5.92 Å². The van der Waals surface area contributed by atoms with E-state index in [1.807, 2.05) is 13.0 Å². The maximum Gasteiger partial charge on any atom is 0.200 e. The topological polar surface area (TPSA) is 9.23 Å². The Hall–Kier alpha value is -1.38. The van der Waals surface area contributed by atoms with Gasteiger partial charge in [0.05, 0.1) is 6.61 Å². The van der Waals surface area contributed by atoms with Gasteiger partial charge in [-0.3, -0.25) is 0 Å². The molecule has 0 aromatic heterocycles. The maximum absolute atomic E-state index is 14.3. The Kier molecular flexibility index (Phi) is 5.77. The smallest absolute Gasteiger partial charge is 0.200 e. The lowest BCUT2D eigenvalue weighted by molar-refractivity contribution is 0.286. The van der Waals surface area contributed by atoms with Gasteiger partial charge in [-0.15, -0.1) is 6.58 Å². The van der Waals surface area contributed by atoms with Gasteiger partial charge in [0.15, 0.2) is 11.6 Å². The number of allylic oxidation sites excluding steroid dienone is 1. The van der Waals surface area contributed by atoms with E-state index in [1.54, 1.807) is 12.1 Å². The van der Waals surface area contributed by atoms with E-state index in [0.717, 1.165) is 38.5 Å². The van der Waals surface area contributed by atoms with Crippen molar-refractivity contribution in [2.45, 2.75) is 51.4 Å². The second-order valence-electron chi connectivity index (χ2n) is 5.83. The summed E-state index contributed by atoms with van der Waals surface area (Å²) in [7, 11) is 0. The Morgan fingerprint density at radius 1 is 1.19 bits per heavy atom. The Balaban J connectivity index is 2.08. The van der Waals surface area contributed by atoms with Crippen molar-refractivity contribution in [2.75, 3.05) is 6.61 Å². The third-order valence-corrected chi connectivity index (χ3v) is 4.38. The number of benzene rings is 1. The molecule has 0 atom stereocenters. The van der Waals surface area contributed by atoms with E-state index in [4.69, 9.17) is 4.74 Å². The number of halogens is 2. The molecule has 1 nitrogen and oxygen atoms in total. The fourth-order valence-electron chi connectivity index (χ4n) is 2.97. The molecule has 0 bridgehead atoms. The fraction of sp³-hybridized carbons (Fsp3) is 0.556. The summed E-state index contributed by atoms with van der Waals surface area (Å²) in [6, 6.07) is 3.27. The van der Waals surface area contributed by atoms with Crippen molar-refractivity contribution in [1.82, 2.24) is 0 Å². The summed E-state index contributed by atoms with van der Waals surface area (Å²) in [5.41, 5.74) is 0.498. The molecule has 1 aliphatic rings. The van der Waals surface area contributed by atoms with E-state index in [1.165, 1.54) is 0 Å². The average Bonchev–Trinajstić information content (AvgIpc) is 2.52. The van der Waals surface area contributed by atoms with Gasteiger partial charge in [-0.25, -0.2) is 4.39 Å². The molecule has 0 N–H and O–H groups in total. The minimum Gasteiger partial charge on any atom is -0.490 e. The molecular formula is C18H24F2O. The van der Waals surface area contributed by atoms with E-state index in [0.29, 0.717) is 18.1 Å². The van der Waals surface area contributed by atoms with Crippen molar-refractivity contribution in [3.63, 3.8) is 0 Å². The monoisotopic (exact) mass is 294 g/mol. The van der Waals surface area contributed by atoms with Crippen LogP contribution in [0.2, 0.25) is 0 Å². The van der Waals surface area contributed by atoms with Crippen LogP contribution in [-0.2, 0) is 0 Å². The van der Waals surface area contributed by atoms with E-state index in [9.17, 15) is 8.78 Å². The van der Waals surface area contributed by atoms with E-state index >= 15 is 0 Å². The number of ether oxygens (including phenoxy) is 1. The van der Waals surface area contributed by atoms with Crippen LogP contribution in [0, 0.1) is 17.6 Å². The first-order chi connectivity index (χ1) is 10.2. The van der Waals surface area contributed by atoms with Crippen molar-refractivity contribution in [3.05, 3.63) is 42.0 Å². The summed E-state index contributed by atoms with van der Waals surface area (Å²) in [5, 5.41) is 0. The Morgan fingerprint density at radius 3 is 2.52 bits per heavy atom. The minimum absolute atomic E-state index is 0.0319. The first-order valence-corrected chi connectivity index (χ1v) is 7.90. The number of unbranched alkanes of at least 4 members (excludes halogenated alkanes) is 1. The molecule has 1 aromatic carbocycles. The molecule has 0 amide bonds. The summed E-state index contributed by atoms with van der Waals surface area (Å²) < 4.78 is 33.6. The van der Waals surface area contributed by atoms with Gasteiger partial charge in [-0.2, -0.15) is 4.39 Å². The minimum atomic E-state index is -0.838. The van der Waals surface area contributed by atoms with Crippen molar-refractivity contribution < 1.29 is 13.5 Å². The number of hydrogen-bond donors (Lipinski definition) is 0. The van der Waals surface area contributed by atoms with Gasteiger partial charge in [0, 0.05) is 0 Å². The molecule has 1 saturated carbocycles. The Labute approximate surface area is 126 Å². The highest BCUT2D eigenvalue weighted by Gasteiger charge is 2.25. The van der Waals surface area contributed by atoms with E-state index in [-0.39, 0.29) is 11.7 Å². The molecular weight excluding hydrogens is 270 g/mol. The van der Waals surface area contributed by atoms with Gasteiger partial charge in [0.25, 0.3) is 0 Å². The fourth-order valence-corrected chi connectivity index (χ4v) is 2.97. The second-order valence-corrected chi connectivity index (χ2v) is 5.83. The van der Waals surface area contributed by atoms with Gasteiger partial charge in [-0.1, -0.05) is 25.5 Å². The molecule has 1 aromatic rings. The molecule has 1 fully saturated rings. The number of hydrogen-bond acceptors (Lipinski definition) is 1. The molecule has 116 valence electrons. The molecule has 0 spiro atoms. The lowest BCUT2D eigenvalue weighted by Gasteiger charge is -2.27. The zero-order valence-electron chi connectivity index (χ0n) is 12.7. The van der Waals surface area contributed by atoms with Crippen LogP contribution in [0.4, 0.5) is 8.78 Å². The first-order valence-electron chi connectivity index (χ1n) is 7.90. The molecule has 0 aliphatic heterocycles. The van der Waals surface area contributed by atoms with Crippen molar-refractivity contribution in [3.8, 4) is 5.75 Å². The predicted octanol–water partition coefficient (Wildman–Crippen LogP) is 5.60. The molecule has 0 heterocycles. The third-order valence-electron chi connectivity index (χ3n) is 4.38. The summed E-state index contributed by atoms with van der Waals surface area (Å²) in [4.78, 5) is 0. The highest BCUT2D eigenvalue weighted by atomic mass is 19.2. The van der Waals surface area contributed by atoms with E-state index < -0.39 is 11.6 Å². The largest absolute Gasteiger partial charge is 0.490 e. The van der Waals surface area contributed by atoms with Crippen LogP contribution >= 0.6 is 0 Å². The van der Waals surface area contributed by atoms with Gasteiger partial charge < -0.3 is 4.74 Å². The summed E-state index contributed by atoms with van der Waals surface area (Å²) in [6.07, 6.45) is 7.57. The van der Waals surface area contributed by atoms with Gasteiger partial charge >= 0.3 is 0 Å². The molecule has 0 saturated heterocycles. The normalized spacial score (nSPS) is 22.0. The van der Waals surface area contributed by atoms with Crippen LogP contribution in [0.15, 0.2) is 24.8 Å². The van der Waals surface area contributed by atoms with Crippen LogP contribution in [0.25, 0.3) is 0 Å². The predicted molar refractivity (Wildman–Crippen MR) is 81.7 cm³/mol. The third kappa shape index (κ3) is 3.84. The molecule has 1 aliphatic carbocycles.